The maximum absolute atomic E-state index is 5.48. The molecule has 0 amide bonds. The first-order chi connectivity index (χ1) is 8.34. The molecule has 3 aliphatic rings. The van der Waals surface area contributed by atoms with Gasteiger partial charge in [-0.3, -0.25) is 4.90 Å². The molecule has 0 aromatic rings. The SMILES string of the molecule is CC(C1CCOCC1)N1CCNC(C2CC2)C1. The summed E-state index contributed by atoms with van der Waals surface area (Å²) in [4.78, 5) is 2.73. The summed E-state index contributed by atoms with van der Waals surface area (Å²) in [7, 11) is 0. The summed E-state index contributed by atoms with van der Waals surface area (Å²) in [5, 5.41) is 3.70. The van der Waals surface area contributed by atoms with Gasteiger partial charge in [-0.2, -0.15) is 0 Å². The number of rotatable bonds is 3. The summed E-state index contributed by atoms with van der Waals surface area (Å²) in [5.74, 6) is 1.85. The summed E-state index contributed by atoms with van der Waals surface area (Å²) >= 11 is 0. The van der Waals surface area contributed by atoms with Gasteiger partial charge in [0.15, 0.2) is 0 Å². The second-order valence-electron chi connectivity index (χ2n) is 6.08. The molecular formula is C14H26N2O. The molecule has 0 aromatic carbocycles. The number of ether oxygens (including phenoxy) is 1. The van der Waals surface area contributed by atoms with Crippen LogP contribution in [0.4, 0.5) is 0 Å². The summed E-state index contributed by atoms with van der Waals surface area (Å²) < 4.78 is 5.48. The zero-order valence-electron chi connectivity index (χ0n) is 11.0. The second kappa shape index (κ2) is 5.25. The Hall–Kier alpha value is -0.120. The van der Waals surface area contributed by atoms with Crippen molar-refractivity contribution in [2.45, 2.75) is 44.7 Å². The van der Waals surface area contributed by atoms with E-state index < -0.39 is 0 Å². The molecule has 1 N–H and O–H groups in total. The lowest BCUT2D eigenvalue weighted by Crippen LogP contribution is -2.55. The van der Waals surface area contributed by atoms with Gasteiger partial charge in [-0.1, -0.05) is 0 Å². The van der Waals surface area contributed by atoms with Crippen molar-refractivity contribution in [3.05, 3.63) is 0 Å². The predicted octanol–water partition coefficient (Wildman–Crippen LogP) is 1.49. The second-order valence-corrected chi connectivity index (χ2v) is 6.08. The molecule has 2 aliphatic heterocycles. The van der Waals surface area contributed by atoms with E-state index in [-0.39, 0.29) is 0 Å². The highest BCUT2D eigenvalue weighted by Crippen LogP contribution is 2.34. The zero-order valence-corrected chi connectivity index (χ0v) is 11.0. The fraction of sp³-hybridized carbons (Fsp3) is 1.00. The van der Waals surface area contributed by atoms with Gasteiger partial charge < -0.3 is 10.1 Å². The number of nitrogens with one attached hydrogen (secondary N) is 1. The Morgan fingerprint density at radius 3 is 2.65 bits per heavy atom. The van der Waals surface area contributed by atoms with Gasteiger partial charge in [0.25, 0.3) is 0 Å². The Bertz CT molecular complexity index is 249. The fourth-order valence-electron chi connectivity index (χ4n) is 3.48. The van der Waals surface area contributed by atoms with Crippen molar-refractivity contribution < 1.29 is 4.74 Å². The third kappa shape index (κ3) is 2.83. The quantitative estimate of drug-likeness (QED) is 0.806. The van der Waals surface area contributed by atoms with E-state index in [0.29, 0.717) is 0 Å². The monoisotopic (exact) mass is 238 g/mol. The van der Waals surface area contributed by atoms with Crippen LogP contribution in [-0.4, -0.2) is 49.8 Å². The number of piperazine rings is 1. The molecular weight excluding hydrogens is 212 g/mol. The molecule has 3 nitrogen and oxygen atoms in total. The van der Waals surface area contributed by atoms with Crippen molar-refractivity contribution >= 4 is 0 Å². The zero-order chi connectivity index (χ0) is 11.7. The molecule has 98 valence electrons. The van der Waals surface area contributed by atoms with Crippen LogP contribution in [0.1, 0.15) is 32.6 Å². The average molecular weight is 238 g/mol. The number of hydrogen-bond acceptors (Lipinski definition) is 3. The lowest BCUT2D eigenvalue weighted by atomic mass is 9.91. The molecule has 2 unspecified atom stereocenters. The molecule has 1 aliphatic carbocycles. The fourth-order valence-corrected chi connectivity index (χ4v) is 3.48. The van der Waals surface area contributed by atoms with Crippen LogP contribution in [0.2, 0.25) is 0 Å². The van der Waals surface area contributed by atoms with E-state index >= 15 is 0 Å². The Balaban J connectivity index is 1.54. The molecule has 0 bridgehead atoms. The van der Waals surface area contributed by atoms with Crippen LogP contribution >= 0.6 is 0 Å². The first-order valence-corrected chi connectivity index (χ1v) is 7.40. The predicted molar refractivity (Wildman–Crippen MR) is 69.1 cm³/mol. The molecule has 0 aromatic heterocycles. The van der Waals surface area contributed by atoms with Gasteiger partial charge in [-0.25, -0.2) is 0 Å². The van der Waals surface area contributed by atoms with E-state index in [9.17, 15) is 0 Å². The van der Waals surface area contributed by atoms with Crippen molar-refractivity contribution in [3.8, 4) is 0 Å². The van der Waals surface area contributed by atoms with Gasteiger partial charge in [0.2, 0.25) is 0 Å². The van der Waals surface area contributed by atoms with Crippen molar-refractivity contribution in [1.82, 2.24) is 10.2 Å². The van der Waals surface area contributed by atoms with Crippen molar-refractivity contribution in [1.29, 1.82) is 0 Å². The number of nitrogens with zero attached hydrogens (tertiary/aromatic N) is 1. The molecule has 2 atom stereocenters. The van der Waals surface area contributed by atoms with Crippen LogP contribution in [0.5, 0.6) is 0 Å². The van der Waals surface area contributed by atoms with E-state index in [1.807, 2.05) is 0 Å². The van der Waals surface area contributed by atoms with E-state index in [0.717, 1.165) is 37.1 Å². The van der Waals surface area contributed by atoms with Crippen molar-refractivity contribution in [3.63, 3.8) is 0 Å². The van der Waals surface area contributed by atoms with Crippen LogP contribution in [0, 0.1) is 11.8 Å². The molecule has 2 saturated heterocycles. The smallest absolute Gasteiger partial charge is 0.0469 e. The molecule has 3 heteroatoms. The third-order valence-electron chi connectivity index (χ3n) is 4.95. The van der Waals surface area contributed by atoms with E-state index in [4.69, 9.17) is 4.74 Å². The van der Waals surface area contributed by atoms with Crippen molar-refractivity contribution in [2.75, 3.05) is 32.8 Å². The standard InChI is InChI=1S/C14H26N2O/c1-11(12-4-8-17-9-5-12)16-7-6-15-14(10-16)13-2-3-13/h11-15H,2-10H2,1H3. The molecule has 0 radical (unpaired) electrons. The summed E-state index contributed by atoms with van der Waals surface area (Å²) in [5.41, 5.74) is 0. The van der Waals surface area contributed by atoms with Crippen LogP contribution in [0.25, 0.3) is 0 Å². The minimum atomic E-state index is 0.752. The van der Waals surface area contributed by atoms with Gasteiger partial charge >= 0.3 is 0 Å². The lowest BCUT2D eigenvalue weighted by Gasteiger charge is -2.41. The lowest BCUT2D eigenvalue weighted by molar-refractivity contribution is 0.0215. The third-order valence-corrected chi connectivity index (χ3v) is 4.95. The maximum Gasteiger partial charge on any atom is 0.0469 e. The van der Waals surface area contributed by atoms with E-state index in [1.165, 1.54) is 45.3 Å². The van der Waals surface area contributed by atoms with Crippen LogP contribution in [0.3, 0.4) is 0 Å². The Morgan fingerprint density at radius 1 is 1.18 bits per heavy atom. The van der Waals surface area contributed by atoms with Crippen LogP contribution in [-0.2, 0) is 4.74 Å². The summed E-state index contributed by atoms with van der Waals surface area (Å²) in [6.45, 7) is 8.10. The summed E-state index contributed by atoms with van der Waals surface area (Å²) in [6, 6.07) is 1.54. The highest BCUT2D eigenvalue weighted by molar-refractivity contribution is 4.93. The van der Waals surface area contributed by atoms with Gasteiger partial charge in [0.1, 0.15) is 0 Å². The highest BCUT2D eigenvalue weighted by Gasteiger charge is 2.36. The number of hydrogen-bond donors (Lipinski definition) is 1. The minimum absolute atomic E-state index is 0.752. The van der Waals surface area contributed by atoms with E-state index in [1.54, 1.807) is 0 Å². The normalized spacial score (nSPS) is 34.8. The maximum atomic E-state index is 5.48. The topological polar surface area (TPSA) is 24.5 Å². The van der Waals surface area contributed by atoms with Gasteiger partial charge in [0, 0.05) is 44.9 Å². The molecule has 3 fully saturated rings. The van der Waals surface area contributed by atoms with Gasteiger partial charge in [-0.15, -0.1) is 0 Å². The Morgan fingerprint density at radius 2 is 1.94 bits per heavy atom. The Labute approximate surface area is 105 Å². The average Bonchev–Trinajstić information content (AvgIpc) is 3.23. The molecule has 0 spiro atoms. The van der Waals surface area contributed by atoms with Gasteiger partial charge in [-0.05, 0) is 44.4 Å². The molecule has 2 heterocycles. The van der Waals surface area contributed by atoms with Gasteiger partial charge in [0.05, 0.1) is 0 Å². The Kier molecular flexibility index (Phi) is 3.69. The largest absolute Gasteiger partial charge is 0.381 e. The minimum Gasteiger partial charge on any atom is -0.381 e. The molecule has 17 heavy (non-hydrogen) atoms. The van der Waals surface area contributed by atoms with Crippen LogP contribution < -0.4 is 5.32 Å². The first-order valence-electron chi connectivity index (χ1n) is 7.40. The van der Waals surface area contributed by atoms with E-state index in [2.05, 4.69) is 17.1 Å². The highest BCUT2D eigenvalue weighted by atomic mass is 16.5. The molecule has 1 saturated carbocycles. The van der Waals surface area contributed by atoms with Crippen molar-refractivity contribution in [2.24, 2.45) is 11.8 Å². The molecule has 3 rings (SSSR count). The first kappa shape index (κ1) is 11.9. The van der Waals surface area contributed by atoms with Crippen LogP contribution in [0.15, 0.2) is 0 Å². The summed E-state index contributed by atoms with van der Waals surface area (Å²) in [6.07, 6.45) is 5.44.